The van der Waals surface area contributed by atoms with E-state index in [1.165, 1.54) is 205 Å². The van der Waals surface area contributed by atoms with Crippen molar-refractivity contribution in [2.45, 2.75) is 264 Å². The summed E-state index contributed by atoms with van der Waals surface area (Å²) in [5.74, 6) is -1.79. The van der Waals surface area contributed by atoms with E-state index >= 15 is 0 Å². The van der Waals surface area contributed by atoms with E-state index in [1.807, 2.05) is 0 Å². The normalized spacial score (nSPS) is 12.8. The molecule has 0 aliphatic heterocycles. The van der Waals surface area contributed by atoms with E-state index in [9.17, 15) is 14.7 Å². The minimum atomic E-state index is -0.754. The Morgan fingerprint density at radius 2 is 0.571 bits per heavy atom. The average Bonchev–Trinajstić information content (AvgIpc) is 3.08. The molecule has 0 bridgehead atoms. The number of nitrogens with two attached hydrogens (primary N) is 1. The molecule has 0 saturated carbocycles. The van der Waals surface area contributed by atoms with Gasteiger partial charge >= 0.3 is 5.97 Å². The third-order valence-electron chi connectivity index (χ3n) is 11.1. The number of carboxylic acid groups (broad SMARTS) is 1. The third kappa shape index (κ3) is 36.5. The largest absolute Gasteiger partial charge is 0.481 e. The van der Waals surface area contributed by atoms with Crippen molar-refractivity contribution in [3.8, 4) is 0 Å². The van der Waals surface area contributed by atoms with Crippen molar-refractivity contribution < 1.29 is 14.7 Å². The van der Waals surface area contributed by atoms with Crippen molar-refractivity contribution in [3.63, 3.8) is 0 Å². The van der Waals surface area contributed by atoms with E-state index in [2.05, 4.69) is 13.8 Å². The van der Waals surface area contributed by atoms with Crippen molar-refractivity contribution in [2.24, 2.45) is 17.6 Å². The van der Waals surface area contributed by atoms with Crippen LogP contribution in [0.5, 0.6) is 0 Å². The van der Waals surface area contributed by atoms with Gasteiger partial charge in [0, 0.05) is 5.92 Å². The molecule has 0 heterocycles. The molecule has 0 radical (unpaired) electrons. The fraction of sp³-hybridized carbons (Fsp3) is 0.956. The Kier molecular flexibility index (Phi) is 38.9. The lowest BCUT2D eigenvalue weighted by Crippen LogP contribution is -2.28. The van der Waals surface area contributed by atoms with Crippen LogP contribution < -0.4 is 5.73 Å². The standard InChI is InChI=1S/C45H89NO3/c1-3-5-7-9-11-13-15-17-19-21-23-25-27-29-31-33-35-37-39-42(44(46)47)41-43(45(48)49)40-38-36-34-32-30-28-26-24-22-20-18-16-14-12-10-8-6-4-2/h42-43H,3-41H2,1-2H3,(H2,46,47)(H,48,49). The predicted molar refractivity (Wildman–Crippen MR) is 215 cm³/mol. The van der Waals surface area contributed by atoms with Gasteiger partial charge in [0.1, 0.15) is 0 Å². The first-order valence-corrected chi connectivity index (χ1v) is 22.5. The molecule has 4 heteroatoms. The first-order valence-electron chi connectivity index (χ1n) is 22.5. The van der Waals surface area contributed by atoms with Crippen LogP contribution >= 0.6 is 0 Å². The Balaban J connectivity index is 3.68. The molecule has 0 aromatic carbocycles. The highest BCUT2D eigenvalue weighted by Gasteiger charge is 2.25. The lowest BCUT2D eigenvalue weighted by atomic mass is 9.86. The topological polar surface area (TPSA) is 80.4 Å². The molecule has 0 rings (SSSR count). The summed E-state index contributed by atoms with van der Waals surface area (Å²) < 4.78 is 0. The molecule has 0 spiro atoms. The number of amides is 1. The summed E-state index contributed by atoms with van der Waals surface area (Å²) in [6.45, 7) is 4.57. The molecule has 0 saturated heterocycles. The molecule has 0 aromatic heterocycles. The van der Waals surface area contributed by atoms with Crippen LogP contribution in [0.4, 0.5) is 0 Å². The number of carbonyl (C=O) groups excluding carboxylic acids is 1. The van der Waals surface area contributed by atoms with E-state index < -0.39 is 11.9 Å². The molecule has 0 fully saturated rings. The number of aliphatic carboxylic acids is 1. The minimum absolute atomic E-state index is 0.294. The second-order valence-corrected chi connectivity index (χ2v) is 16.0. The first kappa shape index (κ1) is 47.9. The number of primary amides is 1. The Labute approximate surface area is 307 Å². The highest BCUT2D eigenvalue weighted by molar-refractivity contribution is 5.78. The van der Waals surface area contributed by atoms with Crippen LogP contribution in [0.1, 0.15) is 264 Å². The molecule has 3 N–H and O–H groups in total. The number of hydrogen-bond acceptors (Lipinski definition) is 2. The number of hydrogen-bond donors (Lipinski definition) is 2. The predicted octanol–water partition coefficient (Wildman–Crippen LogP) is 15.0. The van der Waals surface area contributed by atoms with Crippen LogP contribution in [0.25, 0.3) is 0 Å². The zero-order chi connectivity index (χ0) is 35.9. The number of carboxylic acids is 1. The molecular formula is C45H89NO3. The van der Waals surface area contributed by atoms with Crippen LogP contribution in [0.2, 0.25) is 0 Å². The zero-order valence-corrected chi connectivity index (χ0v) is 33.6. The van der Waals surface area contributed by atoms with Gasteiger partial charge in [0.05, 0.1) is 5.92 Å². The van der Waals surface area contributed by atoms with Gasteiger partial charge in [-0.2, -0.15) is 0 Å². The minimum Gasteiger partial charge on any atom is -0.481 e. The highest BCUT2D eigenvalue weighted by atomic mass is 16.4. The van der Waals surface area contributed by atoms with Gasteiger partial charge in [-0.15, -0.1) is 0 Å². The Morgan fingerprint density at radius 1 is 0.367 bits per heavy atom. The summed E-state index contributed by atoms with van der Waals surface area (Å²) in [5, 5.41) is 9.82. The summed E-state index contributed by atoms with van der Waals surface area (Å²) >= 11 is 0. The molecule has 2 atom stereocenters. The second kappa shape index (κ2) is 39.7. The SMILES string of the molecule is CCCCCCCCCCCCCCCCCCCCC(CC(CCCCCCCCCCCCCCCCCCCC)C(=O)O)C(N)=O. The Morgan fingerprint density at radius 3 is 0.776 bits per heavy atom. The van der Waals surface area contributed by atoms with Crippen molar-refractivity contribution in [3.05, 3.63) is 0 Å². The van der Waals surface area contributed by atoms with Crippen molar-refractivity contribution in [2.75, 3.05) is 0 Å². The second-order valence-electron chi connectivity index (χ2n) is 16.0. The summed E-state index contributed by atoms with van der Waals surface area (Å²) in [6.07, 6.45) is 50.1. The van der Waals surface area contributed by atoms with Gasteiger partial charge in [0.2, 0.25) is 5.91 Å². The van der Waals surface area contributed by atoms with Crippen LogP contribution in [0.3, 0.4) is 0 Å². The number of rotatable bonds is 42. The number of carbonyl (C=O) groups is 2. The average molecular weight is 692 g/mol. The lowest BCUT2D eigenvalue weighted by Gasteiger charge is -2.18. The summed E-state index contributed by atoms with van der Waals surface area (Å²) in [6, 6.07) is 0. The molecule has 1 amide bonds. The van der Waals surface area contributed by atoms with E-state index in [1.54, 1.807) is 0 Å². The molecule has 0 aliphatic carbocycles. The van der Waals surface area contributed by atoms with Crippen LogP contribution in [0, 0.1) is 11.8 Å². The van der Waals surface area contributed by atoms with Gasteiger partial charge in [-0.1, -0.05) is 245 Å². The van der Waals surface area contributed by atoms with E-state index in [-0.39, 0.29) is 11.8 Å². The summed E-state index contributed by atoms with van der Waals surface area (Å²) in [4.78, 5) is 24.1. The summed E-state index contributed by atoms with van der Waals surface area (Å²) in [7, 11) is 0. The van der Waals surface area contributed by atoms with Crippen LogP contribution in [-0.2, 0) is 9.59 Å². The molecular weight excluding hydrogens is 602 g/mol. The maximum Gasteiger partial charge on any atom is 0.306 e. The Bertz CT molecular complexity index is 624. The van der Waals surface area contributed by atoms with Crippen LogP contribution in [0.15, 0.2) is 0 Å². The van der Waals surface area contributed by atoms with Gasteiger partial charge in [-0.25, -0.2) is 0 Å². The van der Waals surface area contributed by atoms with Gasteiger partial charge in [0.15, 0.2) is 0 Å². The quantitative estimate of drug-likeness (QED) is 0.0625. The lowest BCUT2D eigenvalue weighted by molar-refractivity contribution is -0.143. The highest BCUT2D eigenvalue weighted by Crippen LogP contribution is 2.25. The third-order valence-corrected chi connectivity index (χ3v) is 11.1. The Hall–Kier alpha value is -1.06. The van der Waals surface area contributed by atoms with E-state index in [0.717, 1.165) is 32.1 Å². The fourth-order valence-corrected chi connectivity index (χ4v) is 7.65. The maximum atomic E-state index is 12.1. The molecule has 2 unspecified atom stereocenters. The molecule has 0 aliphatic rings. The summed E-state index contributed by atoms with van der Waals surface area (Å²) in [5.41, 5.74) is 5.73. The van der Waals surface area contributed by atoms with Gasteiger partial charge < -0.3 is 10.8 Å². The van der Waals surface area contributed by atoms with Gasteiger partial charge in [0.25, 0.3) is 0 Å². The van der Waals surface area contributed by atoms with Crippen molar-refractivity contribution >= 4 is 11.9 Å². The fourth-order valence-electron chi connectivity index (χ4n) is 7.65. The first-order chi connectivity index (χ1) is 24.0. The van der Waals surface area contributed by atoms with Crippen molar-refractivity contribution in [1.82, 2.24) is 0 Å². The maximum absolute atomic E-state index is 12.1. The van der Waals surface area contributed by atoms with E-state index in [4.69, 9.17) is 5.73 Å². The molecule has 292 valence electrons. The van der Waals surface area contributed by atoms with Gasteiger partial charge in [-0.05, 0) is 19.3 Å². The smallest absolute Gasteiger partial charge is 0.306 e. The molecule has 0 aromatic rings. The molecule has 49 heavy (non-hydrogen) atoms. The van der Waals surface area contributed by atoms with E-state index in [0.29, 0.717) is 12.8 Å². The van der Waals surface area contributed by atoms with Crippen LogP contribution in [-0.4, -0.2) is 17.0 Å². The number of unbranched alkanes of at least 4 members (excludes halogenated alkanes) is 34. The zero-order valence-electron chi connectivity index (χ0n) is 33.6. The van der Waals surface area contributed by atoms with Crippen molar-refractivity contribution in [1.29, 1.82) is 0 Å². The van der Waals surface area contributed by atoms with Gasteiger partial charge in [-0.3, -0.25) is 9.59 Å². The molecule has 4 nitrogen and oxygen atoms in total. The monoisotopic (exact) mass is 692 g/mol.